The first-order valence-corrected chi connectivity index (χ1v) is 10.5. The number of carbonyl (C=O) groups is 1. The van der Waals surface area contributed by atoms with Crippen molar-refractivity contribution in [1.82, 2.24) is 10.2 Å². The molecule has 0 atom stereocenters. The Morgan fingerprint density at radius 1 is 1.17 bits per heavy atom. The number of aryl methyl sites for hydroxylation is 2. The average molecular weight is 450 g/mol. The molecule has 29 heavy (non-hydrogen) atoms. The van der Waals surface area contributed by atoms with Crippen LogP contribution < -0.4 is 10.6 Å². The third-order valence-corrected chi connectivity index (χ3v) is 6.21. The van der Waals surface area contributed by atoms with Crippen LogP contribution in [0.15, 0.2) is 40.7 Å². The van der Waals surface area contributed by atoms with E-state index in [4.69, 9.17) is 11.6 Å². The zero-order valence-electron chi connectivity index (χ0n) is 15.4. The molecule has 0 saturated carbocycles. The first-order valence-electron chi connectivity index (χ1n) is 8.36. The van der Waals surface area contributed by atoms with E-state index in [9.17, 15) is 14.9 Å². The fraction of sp³-hybridized carbons (Fsp3) is 0.167. The predicted octanol–water partition coefficient (Wildman–Crippen LogP) is 5.19. The number of thioether (sulfide) groups is 1. The minimum atomic E-state index is -0.599. The van der Waals surface area contributed by atoms with Gasteiger partial charge < -0.3 is 10.6 Å². The molecule has 8 nitrogen and oxygen atoms in total. The normalized spacial score (nSPS) is 10.6. The second-order valence-electron chi connectivity index (χ2n) is 6.06. The molecule has 0 aliphatic rings. The summed E-state index contributed by atoms with van der Waals surface area (Å²) in [5, 5.41) is 25.5. The zero-order chi connectivity index (χ0) is 21.0. The number of rotatable bonds is 7. The lowest BCUT2D eigenvalue weighted by Gasteiger charge is -2.05. The Morgan fingerprint density at radius 2 is 1.93 bits per heavy atom. The topological polar surface area (TPSA) is 110 Å². The quantitative estimate of drug-likeness (QED) is 0.290. The number of amides is 1. The Kier molecular flexibility index (Phi) is 6.68. The van der Waals surface area contributed by atoms with Crippen LogP contribution in [-0.2, 0) is 4.79 Å². The van der Waals surface area contributed by atoms with Crippen LogP contribution in [-0.4, -0.2) is 26.8 Å². The van der Waals surface area contributed by atoms with Crippen LogP contribution >= 0.6 is 34.7 Å². The molecule has 0 fully saturated rings. The molecule has 1 amide bonds. The van der Waals surface area contributed by atoms with Gasteiger partial charge in [0.05, 0.1) is 10.7 Å². The standard InChI is InChI=1S/C18H16ClN5O3S2/c1-10-3-4-12(7-11(10)2)21-17-22-23-18(29-17)28-9-16(25)20-13-5-6-14(19)15(8-13)24(26)27/h3-8H,9H2,1-2H3,(H,20,25)(H,21,22). The third-order valence-electron chi connectivity index (χ3n) is 3.92. The number of nitrogens with one attached hydrogen (secondary N) is 2. The molecule has 2 N–H and O–H groups in total. The second-order valence-corrected chi connectivity index (χ2v) is 8.66. The maximum atomic E-state index is 12.1. The summed E-state index contributed by atoms with van der Waals surface area (Å²) >= 11 is 8.34. The summed E-state index contributed by atoms with van der Waals surface area (Å²) < 4.78 is 0.633. The van der Waals surface area contributed by atoms with Gasteiger partial charge in [-0.3, -0.25) is 14.9 Å². The van der Waals surface area contributed by atoms with E-state index in [0.29, 0.717) is 15.2 Å². The fourth-order valence-electron chi connectivity index (χ4n) is 2.32. The first kappa shape index (κ1) is 21.0. The van der Waals surface area contributed by atoms with Gasteiger partial charge in [0.1, 0.15) is 5.02 Å². The number of carbonyl (C=O) groups excluding carboxylic acids is 1. The van der Waals surface area contributed by atoms with Gasteiger partial charge in [0.25, 0.3) is 5.69 Å². The molecule has 2 aromatic carbocycles. The van der Waals surface area contributed by atoms with Gasteiger partial charge in [0, 0.05) is 17.4 Å². The van der Waals surface area contributed by atoms with Gasteiger partial charge in [-0.25, -0.2) is 0 Å². The van der Waals surface area contributed by atoms with Crippen molar-refractivity contribution >= 4 is 62.8 Å². The summed E-state index contributed by atoms with van der Waals surface area (Å²) in [7, 11) is 0. The van der Waals surface area contributed by atoms with Crippen LogP contribution in [0.4, 0.5) is 22.2 Å². The molecule has 3 aromatic rings. The van der Waals surface area contributed by atoms with Gasteiger partial charge in [-0.05, 0) is 49.2 Å². The number of hydrogen-bond acceptors (Lipinski definition) is 8. The highest BCUT2D eigenvalue weighted by Gasteiger charge is 2.14. The van der Waals surface area contributed by atoms with E-state index in [1.165, 1.54) is 52.4 Å². The second kappa shape index (κ2) is 9.21. The van der Waals surface area contributed by atoms with Crippen molar-refractivity contribution in [3.63, 3.8) is 0 Å². The molecular weight excluding hydrogens is 434 g/mol. The minimum Gasteiger partial charge on any atom is -0.330 e. The lowest BCUT2D eigenvalue weighted by Crippen LogP contribution is -2.14. The highest BCUT2D eigenvalue weighted by Crippen LogP contribution is 2.29. The predicted molar refractivity (Wildman–Crippen MR) is 117 cm³/mol. The molecule has 11 heteroatoms. The van der Waals surface area contributed by atoms with E-state index in [-0.39, 0.29) is 22.4 Å². The Morgan fingerprint density at radius 3 is 2.66 bits per heavy atom. The number of nitro benzene ring substituents is 1. The van der Waals surface area contributed by atoms with Crippen LogP contribution in [0.1, 0.15) is 11.1 Å². The Hall–Kier alpha value is -2.69. The van der Waals surface area contributed by atoms with Crippen molar-refractivity contribution < 1.29 is 9.72 Å². The van der Waals surface area contributed by atoms with E-state index in [1.54, 1.807) is 0 Å². The highest BCUT2D eigenvalue weighted by atomic mass is 35.5. The van der Waals surface area contributed by atoms with Crippen molar-refractivity contribution in [1.29, 1.82) is 0 Å². The molecule has 150 valence electrons. The summed E-state index contributed by atoms with van der Waals surface area (Å²) in [5.41, 5.74) is 3.35. The van der Waals surface area contributed by atoms with Crippen molar-refractivity contribution in [2.45, 2.75) is 18.2 Å². The molecule has 0 unspecified atom stereocenters. The van der Waals surface area contributed by atoms with Crippen molar-refractivity contribution in [2.75, 3.05) is 16.4 Å². The Balaban J connectivity index is 1.55. The molecule has 0 spiro atoms. The summed E-state index contributed by atoms with van der Waals surface area (Å²) in [6.45, 7) is 4.09. The third kappa shape index (κ3) is 5.66. The summed E-state index contributed by atoms with van der Waals surface area (Å²) in [6, 6.07) is 10.1. The summed E-state index contributed by atoms with van der Waals surface area (Å²) in [6.07, 6.45) is 0. The lowest BCUT2D eigenvalue weighted by atomic mass is 10.1. The highest BCUT2D eigenvalue weighted by molar-refractivity contribution is 8.01. The van der Waals surface area contributed by atoms with Crippen LogP contribution in [0.3, 0.4) is 0 Å². The van der Waals surface area contributed by atoms with E-state index >= 15 is 0 Å². The molecule has 0 aliphatic carbocycles. The van der Waals surface area contributed by atoms with Gasteiger partial charge in [-0.2, -0.15) is 0 Å². The summed E-state index contributed by atoms with van der Waals surface area (Å²) in [4.78, 5) is 22.4. The number of aromatic nitrogens is 2. The number of hydrogen-bond donors (Lipinski definition) is 2. The van der Waals surface area contributed by atoms with E-state index in [1.807, 2.05) is 32.0 Å². The molecule has 1 aromatic heterocycles. The van der Waals surface area contributed by atoms with Crippen LogP contribution in [0.5, 0.6) is 0 Å². The SMILES string of the molecule is Cc1ccc(Nc2nnc(SCC(=O)Nc3ccc(Cl)c([N+](=O)[O-])c3)s2)cc1C. The molecule has 0 bridgehead atoms. The zero-order valence-corrected chi connectivity index (χ0v) is 17.8. The lowest BCUT2D eigenvalue weighted by molar-refractivity contribution is -0.384. The first-order chi connectivity index (χ1) is 13.8. The van der Waals surface area contributed by atoms with Gasteiger partial charge >= 0.3 is 0 Å². The van der Waals surface area contributed by atoms with Crippen LogP contribution in [0, 0.1) is 24.0 Å². The number of anilines is 3. The Bertz CT molecular complexity index is 1070. The fourth-order valence-corrected chi connectivity index (χ4v) is 4.07. The summed E-state index contributed by atoms with van der Waals surface area (Å²) in [5.74, 6) is -0.222. The van der Waals surface area contributed by atoms with Gasteiger partial charge in [0.2, 0.25) is 11.0 Å². The molecule has 3 rings (SSSR count). The van der Waals surface area contributed by atoms with Crippen LogP contribution in [0.25, 0.3) is 0 Å². The van der Waals surface area contributed by atoms with Gasteiger partial charge in [-0.15, -0.1) is 10.2 Å². The van der Waals surface area contributed by atoms with Crippen molar-refractivity contribution in [3.05, 3.63) is 62.7 Å². The number of halogens is 1. The molecule has 0 radical (unpaired) electrons. The molecule has 1 heterocycles. The van der Waals surface area contributed by atoms with E-state index in [2.05, 4.69) is 20.8 Å². The molecule has 0 aliphatic heterocycles. The van der Waals surface area contributed by atoms with E-state index in [0.717, 1.165) is 5.69 Å². The number of nitro groups is 1. The van der Waals surface area contributed by atoms with Gasteiger partial charge in [0.15, 0.2) is 4.34 Å². The van der Waals surface area contributed by atoms with E-state index < -0.39 is 4.92 Å². The minimum absolute atomic E-state index is 0.0139. The maximum absolute atomic E-state index is 12.1. The van der Waals surface area contributed by atoms with Gasteiger partial charge in [-0.1, -0.05) is 40.8 Å². The Labute approximate surface area is 179 Å². The smallest absolute Gasteiger partial charge is 0.289 e. The average Bonchev–Trinajstić information content (AvgIpc) is 3.12. The van der Waals surface area contributed by atoms with Crippen molar-refractivity contribution in [2.24, 2.45) is 0 Å². The maximum Gasteiger partial charge on any atom is 0.289 e. The van der Waals surface area contributed by atoms with Crippen LogP contribution in [0.2, 0.25) is 5.02 Å². The van der Waals surface area contributed by atoms with Crippen molar-refractivity contribution in [3.8, 4) is 0 Å². The monoisotopic (exact) mass is 449 g/mol. The molecular formula is C18H16ClN5O3S2. The number of benzene rings is 2. The molecule has 0 saturated heterocycles. The number of nitrogens with zero attached hydrogens (tertiary/aromatic N) is 3. The largest absolute Gasteiger partial charge is 0.330 e.